The Morgan fingerprint density at radius 2 is 1.91 bits per heavy atom. The lowest BCUT2D eigenvalue weighted by molar-refractivity contribution is -0.156. The standard InChI is InChI=1S/C25H21F4NO4/c1-13-3-8-17(21-20(13)30-23(34-21)25(27,28)29)15-11-24(33-12-15)10-9-18(22(31)32-2)19(24)14-4-6-16(26)7-5-14/h3-8,11,18-19H,9-10,12H2,1-2H3. The molecule has 2 aromatic carbocycles. The molecule has 1 aliphatic carbocycles. The van der Waals surface area contributed by atoms with E-state index < -0.39 is 35.3 Å². The first-order valence-corrected chi connectivity index (χ1v) is 10.8. The quantitative estimate of drug-likeness (QED) is 0.353. The van der Waals surface area contributed by atoms with Crippen LogP contribution in [0.2, 0.25) is 0 Å². The second-order valence-electron chi connectivity index (χ2n) is 8.74. The number of ether oxygens (including phenoxy) is 2. The molecule has 34 heavy (non-hydrogen) atoms. The molecule has 1 aromatic heterocycles. The molecular formula is C25H21F4NO4. The van der Waals surface area contributed by atoms with Gasteiger partial charge in [-0.3, -0.25) is 4.79 Å². The normalized spacial score (nSPS) is 24.7. The van der Waals surface area contributed by atoms with Crippen molar-refractivity contribution in [2.75, 3.05) is 13.7 Å². The van der Waals surface area contributed by atoms with Gasteiger partial charge in [-0.1, -0.05) is 24.3 Å². The number of alkyl halides is 3. The predicted molar refractivity (Wildman–Crippen MR) is 114 cm³/mol. The van der Waals surface area contributed by atoms with Crippen LogP contribution in [0.1, 0.15) is 41.3 Å². The highest BCUT2D eigenvalue weighted by Crippen LogP contribution is 2.54. The van der Waals surface area contributed by atoms with Gasteiger partial charge in [0.15, 0.2) is 5.58 Å². The molecule has 0 amide bonds. The van der Waals surface area contributed by atoms with Crippen molar-refractivity contribution in [2.24, 2.45) is 5.92 Å². The van der Waals surface area contributed by atoms with Gasteiger partial charge in [0.05, 0.1) is 25.2 Å². The monoisotopic (exact) mass is 475 g/mol. The molecule has 1 aliphatic heterocycles. The summed E-state index contributed by atoms with van der Waals surface area (Å²) in [4.78, 5) is 16.2. The first-order valence-electron chi connectivity index (χ1n) is 10.8. The number of benzene rings is 2. The zero-order chi connectivity index (χ0) is 24.3. The van der Waals surface area contributed by atoms with Crippen molar-refractivity contribution in [2.45, 2.75) is 37.5 Å². The summed E-state index contributed by atoms with van der Waals surface area (Å²) in [5, 5.41) is 0. The molecule has 2 aliphatic rings. The number of carbonyl (C=O) groups is 1. The van der Waals surface area contributed by atoms with Gasteiger partial charge in [0.2, 0.25) is 0 Å². The van der Waals surface area contributed by atoms with Gasteiger partial charge in [-0.15, -0.1) is 0 Å². The molecule has 5 rings (SSSR count). The third kappa shape index (κ3) is 3.58. The van der Waals surface area contributed by atoms with Crippen molar-refractivity contribution < 1.29 is 36.2 Å². The fourth-order valence-corrected chi connectivity index (χ4v) is 5.21. The Balaban J connectivity index is 1.61. The van der Waals surface area contributed by atoms with Crippen LogP contribution in [0.4, 0.5) is 17.6 Å². The van der Waals surface area contributed by atoms with Crippen LogP contribution in [-0.2, 0) is 20.4 Å². The number of aryl methyl sites for hydroxylation is 1. The summed E-state index contributed by atoms with van der Waals surface area (Å²) >= 11 is 0. The van der Waals surface area contributed by atoms with Gasteiger partial charge in [0.25, 0.3) is 0 Å². The largest absolute Gasteiger partial charge is 0.469 e. The highest BCUT2D eigenvalue weighted by atomic mass is 19.4. The van der Waals surface area contributed by atoms with Gasteiger partial charge >= 0.3 is 18.0 Å². The van der Waals surface area contributed by atoms with Gasteiger partial charge in [-0.05, 0) is 54.7 Å². The number of oxazole rings is 1. The first-order chi connectivity index (χ1) is 16.1. The zero-order valence-corrected chi connectivity index (χ0v) is 18.4. The molecule has 3 aromatic rings. The van der Waals surface area contributed by atoms with E-state index in [0.717, 1.165) is 5.56 Å². The summed E-state index contributed by atoms with van der Waals surface area (Å²) < 4.78 is 69.8. The third-order valence-electron chi connectivity index (χ3n) is 6.76. The molecule has 0 bridgehead atoms. The van der Waals surface area contributed by atoms with Crippen LogP contribution in [0.5, 0.6) is 0 Å². The predicted octanol–water partition coefficient (Wildman–Crippen LogP) is 5.81. The van der Waals surface area contributed by atoms with Gasteiger partial charge in [-0.25, -0.2) is 9.37 Å². The minimum absolute atomic E-state index is 0.0417. The Morgan fingerprint density at radius 1 is 1.18 bits per heavy atom. The number of rotatable bonds is 3. The minimum atomic E-state index is -4.71. The number of hydrogen-bond acceptors (Lipinski definition) is 5. The molecule has 0 saturated heterocycles. The Bertz CT molecular complexity index is 1290. The fraction of sp³-hybridized carbons (Fsp3) is 0.360. The zero-order valence-electron chi connectivity index (χ0n) is 18.4. The smallest absolute Gasteiger partial charge is 0.468 e. The van der Waals surface area contributed by atoms with Gasteiger partial charge in [-0.2, -0.15) is 13.2 Å². The molecule has 178 valence electrons. The maximum absolute atomic E-state index is 13.6. The number of fused-ring (bicyclic) bond motifs is 1. The van der Waals surface area contributed by atoms with Crippen LogP contribution in [0.3, 0.4) is 0 Å². The second-order valence-corrected chi connectivity index (χ2v) is 8.74. The van der Waals surface area contributed by atoms with Gasteiger partial charge < -0.3 is 13.9 Å². The van der Waals surface area contributed by atoms with Crippen molar-refractivity contribution in [3.8, 4) is 0 Å². The van der Waals surface area contributed by atoms with E-state index in [1.165, 1.54) is 19.2 Å². The molecule has 5 nitrogen and oxygen atoms in total. The maximum Gasteiger partial charge on any atom is 0.468 e. The average molecular weight is 475 g/mol. The van der Waals surface area contributed by atoms with Crippen molar-refractivity contribution >= 4 is 22.6 Å². The number of halogens is 4. The lowest BCUT2D eigenvalue weighted by Gasteiger charge is -2.31. The van der Waals surface area contributed by atoms with Crippen molar-refractivity contribution in [3.63, 3.8) is 0 Å². The van der Waals surface area contributed by atoms with Crippen molar-refractivity contribution in [1.82, 2.24) is 4.98 Å². The van der Waals surface area contributed by atoms with Crippen LogP contribution in [0.15, 0.2) is 46.9 Å². The van der Waals surface area contributed by atoms with Crippen LogP contribution >= 0.6 is 0 Å². The summed E-state index contributed by atoms with van der Waals surface area (Å²) in [7, 11) is 1.32. The number of methoxy groups -OCH3 is 1. The van der Waals surface area contributed by atoms with E-state index in [-0.39, 0.29) is 23.7 Å². The summed E-state index contributed by atoms with van der Waals surface area (Å²) in [5.41, 5.74) is 1.67. The summed E-state index contributed by atoms with van der Waals surface area (Å²) in [6.07, 6.45) is -1.86. The number of aromatic nitrogens is 1. The van der Waals surface area contributed by atoms with Crippen LogP contribution < -0.4 is 0 Å². The number of carbonyl (C=O) groups excluding carboxylic acids is 1. The molecule has 9 heteroatoms. The molecule has 3 atom stereocenters. The number of esters is 1. The molecule has 0 N–H and O–H groups in total. The Kier molecular flexibility index (Phi) is 5.27. The Morgan fingerprint density at radius 3 is 2.59 bits per heavy atom. The molecule has 2 heterocycles. The maximum atomic E-state index is 13.6. The highest BCUT2D eigenvalue weighted by molar-refractivity contribution is 5.91. The van der Waals surface area contributed by atoms with Gasteiger partial charge in [0, 0.05) is 11.5 Å². The topological polar surface area (TPSA) is 61.6 Å². The van der Waals surface area contributed by atoms with Gasteiger partial charge in [0.1, 0.15) is 11.3 Å². The van der Waals surface area contributed by atoms with Crippen molar-refractivity contribution in [3.05, 3.63) is 70.9 Å². The third-order valence-corrected chi connectivity index (χ3v) is 6.76. The first kappa shape index (κ1) is 22.6. The second kappa shape index (κ2) is 7.94. The van der Waals surface area contributed by atoms with E-state index in [2.05, 4.69) is 4.98 Å². The molecule has 1 spiro atoms. The summed E-state index contributed by atoms with van der Waals surface area (Å²) in [6, 6.07) is 9.27. The number of nitrogens with zero attached hydrogens (tertiary/aromatic N) is 1. The fourth-order valence-electron chi connectivity index (χ4n) is 5.21. The van der Waals surface area contributed by atoms with Crippen LogP contribution in [-0.4, -0.2) is 30.3 Å². The lowest BCUT2D eigenvalue weighted by Crippen LogP contribution is -2.34. The molecule has 0 radical (unpaired) electrons. The van der Waals surface area contributed by atoms with E-state index in [4.69, 9.17) is 13.9 Å². The SMILES string of the molecule is COC(=O)C1CCC2(C=C(c3ccc(C)c4nc(C(F)(F)F)oc34)CO2)C1c1ccc(F)cc1. The lowest BCUT2D eigenvalue weighted by atomic mass is 9.79. The van der Waals surface area contributed by atoms with E-state index in [1.807, 2.05) is 6.08 Å². The number of hydrogen-bond donors (Lipinski definition) is 0. The Labute approximate surface area is 192 Å². The molecular weight excluding hydrogens is 454 g/mol. The summed E-state index contributed by atoms with van der Waals surface area (Å²) in [6.45, 7) is 1.78. The molecule has 1 fully saturated rings. The summed E-state index contributed by atoms with van der Waals surface area (Å²) in [5.74, 6) is -3.05. The highest BCUT2D eigenvalue weighted by Gasteiger charge is 2.54. The van der Waals surface area contributed by atoms with E-state index >= 15 is 0 Å². The molecule has 3 unspecified atom stereocenters. The Hall–Kier alpha value is -3.20. The van der Waals surface area contributed by atoms with Crippen LogP contribution in [0, 0.1) is 18.7 Å². The average Bonchev–Trinajstić information content (AvgIpc) is 3.52. The van der Waals surface area contributed by atoms with E-state index in [9.17, 15) is 22.4 Å². The molecule has 1 saturated carbocycles. The van der Waals surface area contributed by atoms with Crippen LogP contribution in [0.25, 0.3) is 16.7 Å². The van der Waals surface area contributed by atoms with E-state index in [0.29, 0.717) is 29.5 Å². The minimum Gasteiger partial charge on any atom is -0.469 e. The van der Waals surface area contributed by atoms with E-state index in [1.54, 1.807) is 31.2 Å². The van der Waals surface area contributed by atoms with Crippen molar-refractivity contribution in [1.29, 1.82) is 0 Å².